The van der Waals surface area contributed by atoms with Gasteiger partial charge in [0.05, 0.1) is 6.54 Å². The van der Waals surface area contributed by atoms with Crippen LogP contribution in [-0.2, 0) is 4.79 Å². The first kappa shape index (κ1) is 15.0. The van der Waals surface area contributed by atoms with Gasteiger partial charge >= 0.3 is 0 Å². The van der Waals surface area contributed by atoms with E-state index >= 15 is 0 Å². The van der Waals surface area contributed by atoms with Gasteiger partial charge in [-0.05, 0) is 25.3 Å². The van der Waals surface area contributed by atoms with Crippen LogP contribution in [0.5, 0.6) is 11.5 Å². The molecule has 6 heteroatoms. The van der Waals surface area contributed by atoms with Crippen LogP contribution in [0.2, 0.25) is 0 Å². The Hall–Kier alpha value is -1.40. The average Bonchev–Trinajstić information content (AvgIpc) is 2.45. The number of nitrogens with one attached hydrogen (secondary N) is 2. The van der Waals surface area contributed by atoms with Gasteiger partial charge in [-0.1, -0.05) is 0 Å². The van der Waals surface area contributed by atoms with Gasteiger partial charge in [0.25, 0.3) is 0 Å². The fraction of sp³-hybridized carbons (Fsp3) is 0.500. The lowest BCUT2D eigenvalue weighted by Gasteiger charge is -2.19. The van der Waals surface area contributed by atoms with Crippen molar-refractivity contribution in [2.24, 2.45) is 0 Å². The number of benzene rings is 1. The highest BCUT2D eigenvalue weighted by atomic mass is 32.2. The number of rotatable bonds is 6. The highest BCUT2D eigenvalue weighted by Gasteiger charge is 2.13. The Bertz CT molecular complexity index is 468. The Morgan fingerprint density at radius 2 is 2.10 bits per heavy atom. The maximum absolute atomic E-state index is 11.8. The van der Waals surface area contributed by atoms with Crippen molar-refractivity contribution in [1.82, 2.24) is 5.32 Å². The molecule has 1 unspecified atom stereocenters. The molecule has 1 aromatic carbocycles. The zero-order valence-electron chi connectivity index (χ0n) is 11.8. The zero-order valence-corrected chi connectivity index (χ0v) is 12.6. The number of hydrogen-bond donors (Lipinski definition) is 2. The monoisotopic (exact) mass is 296 g/mol. The normalized spacial score (nSPS) is 14.7. The maximum atomic E-state index is 11.8. The molecule has 0 saturated heterocycles. The molecule has 1 aliphatic rings. The number of anilines is 1. The van der Waals surface area contributed by atoms with Gasteiger partial charge in [-0.2, -0.15) is 11.8 Å². The number of carbonyl (C=O) groups is 1. The molecule has 0 fully saturated rings. The van der Waals surface area contributed by atoms with Gasteiger partial charge in [0.15, 0.2) is 11.5 Å². The lowest BCUT2D eigenvalue weighted by atomic mass is 10.2. The molecule has 0 saturated carbocycles. The number of amides is 1. The summed E-state index contributed by atoms with van der Waals surface area (Å²) in [4.78, 5) is 11.8. The van der Waals surface area contributed by atoms with Crippen molar-refractivity contribution < 1.29 is 14.3 Å². The summed E-state index contributed by atoms with van der Waals surface area (Å²) in [6, 6.07) is 5.73. The number of hydrogen-bond acceptors (Lipinski definition) is 5. The van der Waals surface area contributed by atoms with Crippen LogP contribution >= 0.6 is 11.8 Å². The third-order valence-electron chi connectivity index (χ3n) is 2.85. The smallest absolute Gasteiger partial charge is 0.238 e. The second-order valence-electron chi connectivity index (χ2n) is 4.64. The minimum Gasteiger partial charge on any atom is -0.486 e. The minimum absolute atomic E-state index is 0.0605. The van der Waals surface area contributed by atoms with E-state index in [1.54, 1.807) is 17.8 Å². The molecule has 0 radical (unpaired) electrons. The van der Waals surface area contributed by atoms with Crippen LogP contribution in [0, 0.1) is 0 Å². The van der Waals surface area contributed by atoms with Crippen molar-refractivity contribution in [3.63, 3.8) is 0 Å². The standard InChI is InChI=1S/C14H20N2O3S/c1-10(9-20-2)15-8-14(17)16-11-3-4-12-13(7-11)19-6-5-18-12/h3-4,7,10,15H,5-6,8-9H2,1-2H3,(H,16,17). The number of fused-ring (bicyclic) bond motifs is 1. The Morgan fingerprint density at radius 1 is 1.35 bits per heavy atom. The van der Waals surface area contributed by atoms with E-state index in [2.05, 4.69) is 17.6 Å². The summed E-state index contributed by atoms with van der Waals surface area (Å²) in [5, 5.41) is 6.02. The molecule has 0 aromatic heterocycles. The minimum atomic E-state index is -0.0605. The predicted octanol–water partition coefficient (Wildman–Crippen LogP) is 1.74. The Labute approximate surface area is 123 Å². The van der Waals surface area contributed by atoms with E-state index in [0.29, 0.717) is 31.5 Å². The van der Waals surface area contributed by atoms with Crippen LogP contribution in [-0.4, -0.2) is 43.7 Å². The number of thioether (sulfide) groups is 1. The van der Waals surface area contributed by atoms with Gasteiger partial charge < -0.3 is 20.1 Å². The van der Waals surface area contributed by atoms with E-state index in [-0.39, 0.29) is 5.91 Å². The molecule has 110 valence electrons. The summed E-state index contributed by atoms with van der Waals surface area (Å²) < 4.78 is 10.9. The average molecular weight is 296 g/mol. The van der Waals surface area contributed by atoms with Crippen molar-refractivity contribution in [2.75, 3.05) is 37.1 Å². The van der Waals surface area contributed by atoms with Crippen LogP contribution in [0.3, 0.4) is 0 Å². The summed E-state index contributed by atoms with van der Waals surface area (Å²) in [7, 11) is 0. The second-order valence-corrected chi connectivity index (χ2v) is 5.55. The van der Waals surface area contributed by atoms with E-state index in [1.165, 1.54) is 0 Å². The summed E-state index contributed by atoms with van der Waals surface area (Å²) in [6.07, 6.45) is 2.05. The van der Waals surface area contributed by atoms with Crippen LogP contribution in [0.4, 0.5) is 5.69 Å². The topological polar surface area (TPSA) is 59.6 Å². The molecule has 2 rings (SSSR count). The van der Waals surface area contributed by atoms with E-state index in [0.717, 1.165) is 17.2 Å². The first-order valence-corrected chi connectivity index (χ1v) is 8.00. The molecular formula is C14H20N2O3S. The molecule has 20 heavy (non-hydrogen) atoms. The van der Waals surface area contributed by atoms with E-state index in [1.807, 2.05) is 18.4 Å². The van der Waals surface area contributed by atoms with Crippen molar-refractivity contribution in [3.8, 4) is 11.5 Å². The van der Waals surface area contributed by atoms with Crippen molar-refractivity contribution in [2.45, 2.75) is 13.0 Å². The van der Waals surface area contributed by atoms with Crippen molar-refractivity contribution in [3.05, 3.63) is 18.2 Å². The highest BCUT2D eigenvalue weighted by Crippen LogP contribution is 2.32. The van der Waals surface area contributed by atoms with Gasteiger partial charge in [0.1, 0.15) is 13.2 Å². The second kappa shape index (κ2) is 7.40. The van der Waals surface area contributed by atoms with Crippen molar-refractivity contribution in [1.29, 1.82) is 0 Å². The quantitative estimate of drug-likeness (QED) is 0.837. The van der Waals surface area contributed by atoms with Gasteiger partial charge in [0, 0.05) is 23.5 Å². The molecule has 1 aromatic rings. The SMILES string of the molecule is CSCC(C)NCC(=O)Nc1ccc2c(c1)OCCO2. The largest absolute Gasteiger partial charge is 0.486 e. The van der Waals surface area contributed by atoms with Crippen LogP contribution in [0.1, 0.15) is 6.92 Å². The lowest BCUT2D eigenvalue weighted by Crippen LogP contribution is -2.35. The summed E-state index contributed by atoms with van der Waals surface area (Å²) in [5.74, 6) is 2.32. The van der Waals surface area contributed by atoms with E-state index < -0.39 is 0 Å². The Morgan fingerprint density at radius 3 is 2.85 bits per heavy atom. The van der Waals surface area contributed by atoms with E-state index in [4.69, 9.17) is 9.47 Å². The Kier molecular flexibility index (Phi) is 5.55. The van der Waals surface area contributed by atoms with Gasteiger partial charge in [-0.25, -0.2) is 0 Å². The molecule has 0 aliphatic carbocycles. The lowest BCUT2D eigenvalue weighted by molar-refractivity contribution is -0.115. The summed E-state index contributed by atoms with van der Waals surface area (Å²) in [5.41, 5.74) is 0.721. The van der Waals surface area contributed by atoms with Gasteiger partial charge in [-0.15, -0.1) is 0 Å². The van der Waals surface area contributed by atoms with Crippen molar-refractivity contribution >= 4 is 23.4 Å². The highest BCUT2D eigenvalue weighted by molar-refractivity contribution is 7.98. The third kappa shape index (κ3) is 4.31. The molecule has 0 spiro atoms. The fourth-order valence-corrected chi connectivity index (χ4v) is 2.52. The Balaban J connectivity index is 1.85. The zero-order chi connectivity index (χ0) is 14.4. The maximum Gasteiger partial charge on any atom is 0.238 e. The summed E-state index contributed by atoms with van der Waals surface area (Å²) >= 11 is 1.76. The first-order valence-electron chi connectivity index (χ1n) is 6.61. The molecule has 0 bridgehead atoms. The first-order chi connectivity index (χ1) is 9.69. The number of carbonyl (C=O) groups excluding carboxylic acids is 1. The molecular weight excluding hydrogens is 276 g/mol. The molecule has 1 heterocycles. The fourth-order valence-electron chi connectivity index (χ4n) is 1.90. The van der Waals surface area contributed by atoms with E-state index in [9.17, 15) is 4.79 Å². The molecule has 1 amide bonds. The summed E-state index contributed by atoms with van der Waals surface area (Å²) in [6.45, 7) is 3.47. The molecule has 1 aliphatic heterocycles. The van der Waals surface area contributed by atoms with Crippen LogP contribution in [0.15, 0.2) is 18.2 Å². The third-order valence-corrected chi connectivity index (χ3v) is 3.69. The predicted molar refractivity (Wildman–Crippen MR) is 81.9 cm³/mol. The molecule has 1 atom stereocenters. The van der Waals surface area contributed by atoms with Gasteiger partial charge in [0.2, 0.25) is 5.91 Å². The molecule has 2 N–H and O–H groups in total. The van der Waals surface area contributed by atoms with Crippen LogP contribution in [0.25, 0.3) is 0 Å². The number of ether oxygens (including phenoxy) is 2. The van der Waals surface area contributed by atoms with Gasteiger partial charge in [-0.3, -0.25) is 4.79 Å². The van der Waals surface area contributed by atoms with Crippen LogP contribution < -0.4 is 20.1 Å². The molecule has 5 nitrogen and oxygen atoms in total.